The molecule has 0 atom stereocenters. The average molecular weight is 372 g/mol. The number of ether oxygens (including phenoxy) is 1. The maximum Gasteiger partial charge on any atom is 0.369 e. The Morgan fingerprint density at radius 3 is 2.22 bits per heavy atom. The molecule has 0 aliphatic carbocycles. The quantitative estimate of drug-likeness (QED) is 0.618. The molecular formula is C11H18F6N2O3S. The zero-order valence-corrected chi connectivity index (χ0v) is 12.9. The molecule has 1 heterocycles. The highest BCUT2D eigenvalue weighted by molar-refractivity contribution is 7.89. The van der Waals surface area contributed by atoms with Crippen LogP contribution in [0.2, 0.25) is 0 Å². The summed E-state index contributed by atoms with van der Waals surface area (Å²) in [4.78, 5) is 1.87. The lowest BCUT2D eigenvalue weighted by molar-refractivity contribution is -0.263. The van der Waals surface area contributed by atoms with Crippen molar-refractivity contribution in [1.82, 2.24) is 9.62 Å². The molecule has 0 aromatic heterocycles. The minimum absolute atomic E-state index is 0.0981. The Morgan fingerprint density at radius 1 is 1.13 bits per heavy atom. The number of hydrogen-bond donors (Lipinski definition) is 1. The number of rotatable bonds is 9. The Balaban J connectivity index is 2.42. The standard InChI is InChI=1S/C11H18F6N2O3S/c12-9(13)11(16,17)10(14,15)1-8-23(20,21)18-2-3-19-4-6-22-7-5-19/h9,18H,1-8H2. The van der Waals surface area contributed by atoms with E-state index >= 15 is 0 Å². The van der Waals surface area contributed by atoms with Gasteiger partial charge in [-0.1, -0.05) is 0 Å². The number of nitrogens with one attached hydrogen (secondary N) is 1. The van der Waals surface area contributed by atoms with Crippen molar-refractivity contribution in [2.75, 3.05) is 45.1 Å². The molecule has 1 aliphatic rings. The molecule has 23 heavy (non-hydrogen) atoms. The van der Waals surface area contributed by atoms with Crippen molar-refractivity contribution in [3.63, 3.8) is 0 Å². The lowest BCUT2D eigenvalue weighted by Gasteiger charge is -2.27. The molecule has 0 aromatic carbocycles. The normalized spacial score (nSPS) is 18.6. The van der Waals surface area contributed by atoms with E-state index in [1.807, 2.05) is 9.62 Å². The fourth-order valence-corrected chi connectivity index (χ4v) is 2.92. The molecule has 1 saturated heterocycles. The van der Waals surface area contributed by atoms with Crippen molar-refractivity contribution in [1.29, 1.82) is 0 Å². The SMILES string of the molecule is O=S(=O)(CCC(F)(F)C(F)(F)C(F)F)NCCN1CCOCC1. The van der Waals surface area contributed by atoms with Crippen LogP contribution in [0.25, 0.3) is 0 Å². The monoisotopic (exact) mass is 372 g/mol. The number of hydrogen-bond acceptors (Lipinski definition) is 4. The summed E-state index contributed by atoms with van der Waals surface area (Å²) in [7, 11) is -4.27. The van der Waals surface area contributed by atoms with Crippen LogP contribution < -0.4 is 4.72 Å². The van der Waals surface area contributed by atoms with E-state index in [1.54, 1.807) is 0 Å². The summed E-state index contributed by atoms with van der Waals surface area (Å²) in [6.07, 6.45) is -6.47. The lowest BCUT2D eigenvalue weighted by atomic mass is 10.1. The first kappa shape index (κ1) is 20.5. The smallest absolute Gasteiger partial charge is 0.369 e. The van der Waals surface area contributed by atoms with E-state index < -0.39 is 40.5 Å². The van der Waals surface area contributed by atoms with Gasteiger partial charge in [-0.2, -0.15) is 17.6 Å². The maximum absolute atomic E-state index is 13.1. The van der Waals surface area contributed by atoms with Gasteiger partial charge < -0.3 is 4.74 Å². The van der Waals surface area contributed by atoms with Crippen LogP contribution in [-0.2, 0) is 14.8 Å². The Morgan fingerprint density at radius 2 is 1.70 bits per heavy atom. The van der Waals surface area contributed by atoms with E-state index in [0.29, 0.717) is 32.8 Å². The van der Waals surface area contributed by atoms with Gasteiger partial charge in [-0.15, -0.1) is 0 Å². The van der Waals surface area contributed by atoms with Crippen molar-refractivity contribution >= 4 is 10.0 Å². The van der Waals surface area contributed by atoms with E-state index in [9.17, 15) is 34.8 Å². The molecular weight excluding hydrogens is 354 g/mol. The van der Waals surface area contributed by atoms with Gasteiger partial charge in [-0.3, -0.25) is 4.90 Å². The molecule has 1 N–H and O–H groups in total. The molecule has 0 spiro atoms. The Bertz CT molecular complexity index is 468. The van der Waals surface area contributed by atoms with Crippen molar-refractivity contribution in [2.24, 2.45) is 0 Å². The number of alkyl halides is 6. The molecule has 5 nitrogen and oxygen atoms in total. The first-order chi connectivity index (χ1) is 10.5. The van der Waals surface area contributed by atoms with Crippen molar-refractivity contribution in [3.8, 4) is 0 Å². The van der Waals surface area contributed by atoms with Crippen LogP contribution in [0.3, 0.4) is 0 Å². The van der Waals surface area contributed by atoms with Crippen LogP contribution in [0.4, 0.5) is 26.3 Å². The second kappa shape index (κ2) is 7.99. The zero-order valence-electron chi connectivity index (χ0n) is 12.1. The second-order valence-corrected chi connectivity index (χ2v) is 6.97. The highest BCUT2D eigenvalue weighted by Gasteiger charge is 2.62. The molecule has 0 saturated carbocycles. The number of halogens is 6. The predicted molar refractivity (Wildman–Crippen MR) is 69.6 cm³/mol. The van der Waals surface area contributed by atoms with Gasteiger partial charge >= 0.3 is 18.3 Å². The molecule has 1 fully saturated rings. The van der Waals surface area contributed by atoms with Gasteiger partial charge in [0.1, 0.15) is 0 Å². The van der Waals surface area contributed by atoms with Crippen LogP contribution in [0.15, 0.2) is 0 Å². The third kappa shape index (κ3) is 6.08. The minimum atomic E-state index is -5.57. The van der Waals surface area contributed by atoms with E-state index in [1.165, 1.54) is 0 Å². The van der Waals surface area contributed by atoms with Crippen LogP contribution in [0.5, 0.6) is 0 Å². The molecule has 0 amide bonds. The summed E-state index contributed by atoms with van der Waals surface area (Å²) in [5.74, 6) is -12.1. The Labute approximate surface area is 130 Å². The minimum Gasteiger partial charge on any atom is -0.379 e. The van der Waals surface area contributed by atoms with Crippen LogP contribution >= 0.6 is 0 Å². The third-order valence-electron chi connectivity index (χ3n) is 3.30. The Hall–Kier alpha value is -0.590. The molecule has 138 valence electrons. The summed E-state index contributed by atoms with van der Waals surface area (Å²) < 4.78 is 105. The van der Waals surface area contributed by atoms with E-state index in [2.05, 4.69) is 0 Å². The fraction of sp³-hybridized carbons (Fsp3) is 1.00. The van der Waals surface area contributed by atoms with E-state index in [-0.39, 0.29) is 6.54 Å². The summed E-state index contributed by atoms with van der Waals surface area (Å²) in [5.41, 5.74) is 0. The van der Waals surface area contributed by atoms with Gasteiger partial charge in [-0.05, 0) is 0 Å². The molecule has 0 radical (unpaired) electrons. The van der Waals surface area contributed by atoms with Gasteiger partial charge in [-0.25, -0.2) is 21.9 Å². The van der Waals surface area contributed by atoms with Crippen LogP contribution in [-0.4, -0.2) is 76.7 Å². The average Bonchev–Trinajstić information content (AvgIpc) is 2.46. The van der Waals surface area contributed by atoms with Gasteiger partial charge in [0.05, 0.1) is 19.0 Å². The van der Waals surface area contributed by atoms with E-state index in [0.717, 1.165) is 0 Å². The predicted octanol–water partition coefficient (Wildman–Crippen LogP) is 1.16. The highest BCUT2D eigenvalue weighted by Crippen LogP contribution is 2.41. The van der Waals surface area contributed by atoms with Gasteiger partial charge in [0, 0.05) is 32.6 Å². The number of morpholine rings is 1. The number of nitrogens with zero attached hydrogens (tertiary/aromatic N) is 1. The van der Waals surface area contributed by atoms with Crippen LogP contribution in [0, 0.1) is 0 Å². The Kier molecular flexibility index (Phi) is 7.11. The summed E-state index contributed by atoms with van der Waals surface area (Å²) in [6, 6.07) is 0. The molecule has 0 unspecified atom stereocenters. The van der Waals surface area contributed by atoms with Crippen molar-refractivity contribution in [2.45, 2.75) is 24.7 Å². The van der Waals surface area contributed by atoms with Gasteiger partial charge in [0.25, 0.3) is 0 Å². The van der Waals surface area contributed by atoms with Gasteiger partial charge in [0.15, 0.2) is 0 Å². The van der Waals surface area contributed by atoms with Crippen LogP contribution in [0.1, 0.15) is 6.42 Å². The molecule has 1 rings (SSSR count). The second-order valence-electron chi connectivity index (χ2n) is 5.05. The third-order valence-corrected chi connectivity index (χ3v) is 4.69. The molecule has 0 aromatic rings. The summed E-state index contributed by atoms with van der Waals surface area (Å²) in [6.45, 7) is 2.34. The maximum atomic E-state index is 13.1. The van der Waals surface area contributed by atoms with Crippen molar-refractivity contribution < 1.29 is 39.5 Å². The fourth-order valence-electron chi connectivity index (χ4n) is 1.85. The van der Waals surface area contributed by atoms with Gasteiger partial charge in [0.2, 0.25) is 10.0 Å². The first-order valence-electron chi connectivity index (χ1n) is 6.79. The largest absolute Gasteiger partial charge is 0.379 e. The van der Waals surface area contributed by atoms with Crippen molar-refractivity contribution in [3.05, 3.63) is 0 Å². The van der Waals surface area contributed by atoms with E-state index in [4.69, 9.17) is 4.74 Å². The first-order valence-corrected chi connectivity index (χ1v) is 8.44. The summed E-state index contributed by atoms with van der Waals surface area (Å²) >= 11 is 0. The summed E-state index contributed by atoms with van der Waals surface area (Å²) in [5, 5.41) is 0. The molecule has 0 bridgehead atoms. The molecule has 1 aliphatic heterocycles. The molecule has 12 heteroatoms. The topological polar surface area (TPSA) is 58.6 Å². The lowest BCUT2D eigenvalue weighted by Crippen LogP contribution is -2.48. The number of sulfonamides is 1. The highest BCUT2D eigenvalue weighted by atomic mass is 32.2. The zero-order chi connectivity index (χ0) is 17.7.